The molecule has 5 heteroatoms. The molecule has 0 aliphatic heterocycles. The normalized spacial score (nSPS) is 13.2. The molecule has 0 bridgehead atoms. The molecule has 0 heterocycles. The molecule has 1 atom stereocenters. The topological polar surface area (TPSA) is 48.9 Å². The SMILES string of the molecule is CCNC(=NCC(c1ccccc1)N(C)C)NCCOCC. The fourth-order valence-electron chi connectivity index (χ4n) is 2.15. The van der Waals surface area contributed by atoms with Crippen molar-refractivity contribution in [2.24, 2.45) is 4.99 Å². The number of nitrogens with one attached hydrogen (secondary N) is 2. The first-order valence-electron chi connectivity index (χ1n) is 8.00. The van der Waals surface area contributed by atoms with Gasteiger partial charge >= 0.3 is 0 Å². The molecular formula is C17H30N4O. The Hall–Kier alpha value is -1.59. The monoisotopic (exact) mass is 306 g/mol. The predicted molar refractivity (Wildman–Crippen MR) is 93.3 cm³/mol. The molecule has 1 rings (SSSR count). The highest BCUT2D eigenvalue weighted by molar-refractivity contribution is 5.79. The first-order chi connectivity index (χ1) is 10.7. The van der Waals surface area contributed by atoms with Gasteiger partial charge in [0.15, 0.2) is 5.96 Å². The Labute approximate surface area is 134 Å². The van der Waals surface area contributed by atoms with Crippen LogP contribution in [0.4, 0.5) is 0 Å². The van der Waals surface area contributed by atoms with Crippen LogP contribution < -0.4 is 10.6 Å². The molecule has 5 nitrogen and oxygen atoms in total. The van der Waals surface area contributed by atoms with Crippen LogP contribution in [0.5, 0.6) is 0 Å². The minimum atomic E-state index is 0.267. The Bertz CT molecular complexity index is 420. The zero-order valence-corrected chi connectivity index (χ0v) is 14.3. The number of hydrogen-bond donors (Lipinski definition) is 2. The summed E-state index contributed by atoms with van der Waals surface area (Å²) in [6, 6.07) is 10.7. The number of benzene rings is 1. The zero-order valence-electron chi connectivity index (χ0n) is 14.3. The van der Waals surface area contributed by atoms with E-state index in [-0.39, 0.29) is 6.04 Å². The van der Waals surface area contributed by atoms with Crippen molar-refractivity contribution in [1.82, 2.24) is 15.5 Å². The zero-order chi connectivity index (χ0) is 16.2. The molecule has 0 fully saturated rings. The smallest absolute Gasteiger partial charge is 0.191 e. The van der Waals surface area contributed by atoms with Crippen LogP contribution in [0.25, 0.3) is 0 Å². The molecule has 0 saturated carbocycles. The summed E-state index contributed by atoms with van der Waals surface area (Å²) in [6.45, 7) is 7.82. The van der Waals surface area contributed by atoms with Gasteiger partial charge in [0.05, 0.1) is 19.2 Å². The number of rotatable bonds is 9. The van der Waals surface area contributed by atoms with E-state index in [9.17, 15) is 0 Å². The van der Waals surface area contributed by atoms with E-state index in [2.05, 4.69) is 60.8 Å². The molecule has 0 aromatic heterocycles. The summed E-state index contributed by atoms with van der Waals surface area (Å²) in [5.74, 6) is 0.838. The van der Waals surface area contributed by atoms with Crippen LogP contribution in [0.2, 0.25) is 0 Å². The molecular weight excluding hydrogens is 276 g/mol. The molecule has 1 aromatic rings. The van der Waals surface area contributed by atoms with Crippen LogP contribution in [0, 0.1) is 0 Å². The van der Waals surface area contributed by atoms with Crippen molar-refractivity contribution in [2.75, 3.05) is 46.9 Å². The average Bonchev–Trinajstić information content (AvgIpc) is 2.52. The van der Waals surface area contributed by atoms with Gasteiger partial charge in [-0.15, -0.1) is 0 Å². The van der Waals surface area contributed by atoms with Crippen molar-refractivity contribution in [3.8, 4) is 0 Å². The first-order valence-corrected chi connectivity index (χ1v) is 8.00. The van der Waals surface area contributed by atoms with E-state index in [1.807, 2.05) is 13.0 Å². The van der Waals surface area contributed by atoms with Crippen LogP contribution in [0.3, 0.4) is 0 Å². The first kappa shape index (κ1) is 18.5. The average molecular weight is 306 g/mol. The highest BCUT2D eigenvalue weighted by Gasteiger charge is 2.13. The summed E-state index contributed by atoms with van der Waals surface area (Å²) in [7, 11) is 4.17. The Morgan fingerprint density at radius 3 is 2.50 bits per heavy atom. The second-order valence-corrected chi connectivity index (χ2v) is 5.23. The van der Waals surface area contributed by atoms with E-state index in [1.54, 1.807) is 0 Å². The summed E-state index contributed by atoms with van der Waals surface area (Å²) >= 11 is 0. The van der Waals surface area contributed by atoms with Crippen LogP contribution in [0.15, 0.2) is 35.3 Å². The largest absolute Gasteiger partial charge is 0.380 e. The van der Waals surface area contributed by atoms with Crippen molar-refractivity contribution in [3.05, 3.63) is 35.9 Å². The number of aliphatic imine (C=N–C) groups is 1. The number of nitrogens with zero attached hydrogens (tertiary/aromatic N) is 2. The highest BCUT2D eigenvalue weighted by atomic mass is 16.5. The molecule has 0 radical (unpaired) electrons. The Kier molecular flexibility index (Phi) is 9.26. The van der Waals surface area contributed by atoms with Crippen LogP contribution in [-0.4, -0.2) is 57.8 Å². The lowest BCUT2D eigenvalue weighted by molar-refractivity contribution is 0.152. The van der Waals surface area contributed by atoms with Gasteiger partial charge in [0, 0.05) is 19.7 Å². The molecule has 0 saturated heterocycles. The number of guanidine groups is 1. The summed E-state index contributed by atoms with van der Waals surface area (Å²) in [5.41, 5.74) is 1.28. The minimum Gasteiger partial charge on any atom is -0.380 e. The van der Waals surface area contributed by atoms with E-state index in [4.69, 9.17) is 9.73 Å². The van der Waals surface area contributed by atoms with Gasteiger partial charge in [-0.05, 0) is 33.5 Å². The van der Waals surface area contributed by atoms with Crippen molar-refractivity contribution < 1.29 is 4.74 Å². The molecule has 22 heavy (non-hydrogen) atoms. The fraction of sp³-hybridized carbons (Fsp3) is 0.588. The van der Waals surface area contributed by atoms with Crippen LogP contribution in [0.1, 0.15) is 25.5 Å². The second-order valence-electron chi connectivity index (χ2n) is 5.23. The predicted octanol–water partition coefficient (Wildman–Crippen LogP) is 1.88. The fourth-order valence-corrected chi connectivity index (χ4v) is 2.15. The van der Waals surface area contributed by atoms with Crippen molar-refractivity contribution in [3.63, 3.8) is 0 Å². The van der Waals surface area contributed by atoms with Gasteiger partial charge in [-0.1, -0.05) is 30.3 Å². The molecule has 1 unspecified atom stereocenters. The highest BCUT2D eigenvalue weighted by Crippen LogP contribution is 2.17. The van der Waals surface area contributed by atoms with Crippen molar-refractivity contribution >= 4 is 5.96 Å². The van der Waals surface area contributed by atoms with E-state index in [0.717, 1.165) is 25.7 Å². The minimum absolute atomic E-state index is 0.267. The van der Waals surface area contributed by atoms with Gasteiger partial charge in [0.25, 0.3) is 0 Å². The lowest BCUT2D eigenvalue weighted by atomic mass is 10.1. The molecule has 0 aliphatic carbocycles. The molecule has 2 N–H and O–H groups in total. The molecule has 1 aromatic carbocycles. The third kappa shape index (κ3) is 6.91. The summed E-state index contributed by atoms with van der Waals surface area (Å²) < 4.78 is 5.34. The lowest BCUT2D eigenvalue weighted by Crippen LogP contribution is -2.39. The Morgan fingerprint density at radius 1 is 1.18 bits per heavy atom. The third-order valence-corrected chi connectivity index (χ3v) is 3.32. The van der Waals surface area contributed by atoms with Crippen molar-refractivity contribution in [1.29, 1.82) is 0 Å². The number of likely N-dealkylation sites (N-methyl/N-ethyl adjacent to an activating group) is 1. The van der Waals surface area contributed by atoms with Gasteiger partial charge in [0.1, 0.15) is 0 Å². The molecule has 0 aliphatic rings. The van der Waals surface area contributed by atoms with Gasteiger partial charge < -0.3 is 20.3 Å². The Balaban J connectivity index is 2.64. The van der Waals surface area contributed by atoms with Crippen molar-refractivity contribution in [2.45, 2.75) is 19.9 Å². The van der Waals surface area contributed by atoms with Crippen LogP contribution in [-0.2, 0) is 4.74 Å². The van der Waals surface area contributed by atoms with Crippen LogP contribution >= 0.6 is 0 Å². The maximum atomic E-state index is 5.34. The standard InChI is InChI=1S/C17H30N4O/c1-5-18-17(19-12-13-22-6-2)20-14-16(21(3)4)15-10-8-7-9-11-15/h7-11,16H,5-6,12-14H2,1-4H3,(H2,18,19,20). The van der Waals surface area contributed by atoms with Gasteiger partial charge in [-0.3, -0.25) is 4.99 Å². The van der Waals surface area contributed by atoms with E-state index in [0.29, 0.717) is 13.2 Å². The maximum absolute atomic E-state index is 5.34. The van der Waals surface area contributed by atoms with Gasteiger partial charge in [0.2, 0.25) is 0 Å². The second kappa shape index (κ2) is 11.0. The molecule has 0 spiro atoms. The quantitative estimate of drug-likeness (QED) is 0.415. The summed E-state index contributed by atoms with van der Waals surface area (Å²) in [6.07, 6.45) is 0. The summed E-state index contributed by atoms with van der Waals surface area (Å²) in [5, 5.41) is 6.57. The third-order valence-electron chi connectivity index (χ3n) is 3.32. The maximum Gasteiger partial charge on any atom is 0.191 e. The van der Waals surface area contributed by atoms with E-state index in [1.165, 1.54) is 5.56 Å². The van der Waals surface area contributed by atoms with E-state index >= 15 is 0 Å². The Morgan fingerprint density at radius 2 is 1.91 bits per heavy atom. The van der Waals surface area contributed by atoms with Gasteiger partial charge in [-0.25, -0.2) is 0 Å². The number of hydrogen-bond acceptors (Lipinski definition) is 3. The molecule has 124 valence electrons. The van der Waals surface area contributed by atoms with E-state index < -0.39 is 0 Å². The number of ether oxygens (including phenoxy) is 1. The molecule has 0 amide bonds. The lowest BCUT2D eigenvalue weighted by Gasteiger charge is -2.23. The van der Waals surface area contributed by atoms with Gasteiger partial charge in [-0.2, -0.15) is 0 Å². The summed E-state index contributed by atoms with van der Waals surface area (Å²) in [4.78, 5) is 6.90.